The summed E-state index contributed by atoms with van der Waals surface area (Å²) in [6.07, 6.45) is 5.54. The number of benzene rings is 2. The molecule has 0 aliphatic rings. The molecule has 0 unspecified atom stereocenters. The number of carbonyl (C=O) groups is 1. The Kier molecular flexibility index (Phi) is 6.83. The number of aliphatic imine (C=N–C) groups is 1. The van der Waals surface area contributed by atoms with Gasteiger partial charge in [-0.3, -0.25) is 15.5 Å². The lowest BCUT2D eigenvalue weighted by Crippen LogP contribution is -2.71. The van der Waals surface area contributed by atoms with Gasteiger partial charge in [0.1, 0.15) is 16.9 Å². The Morgan fingerprint density at radius 1 is 1.08 bits per heavy atom. The van der Waals surface area contributed by atoms with Crippen molar-refractivity contribution in [3.8, 4) is 0 Å². The molecule has 25 heavy (non-hydrogen) atoms. The summed E-state index contributed by atoms with van der Waals surface area (Å²) in [5.41, 5.74) is 6.79. The molecule has 0 saturated carbocycles. The first kappa shape index (κ1) is 18.3. The number of para-hydroxylation sites is 2. The Morgan fingerprint density at radius 3 is 2.44 bits per heavy atom. The second-order valence-electron chi connectivity index (χ2n) is 4.98. The fraction of sp³-hybridized carbons (Fsp3) is 0. The molecule has 126 valence electrons. The minimum Gasteiger partial charge on any atom is -0.405 e. The molecule has 0 aliphatic carbocycles. The normalized spacial score (nSPS) is 12.0. The van der Waals surface area contributed by atoms with Crippen molar-refractivity contribution in [2.24, 2.45) is 10.7 Å². The summed E-state index contributed by atoms with van der Waals surface area (Å²) in [4.78, 5) is 16.5. The Hall–Kier alpha value is -3.02. The number of nitrogens with one attached hydrogen (secondary N) is 1. The van der Waals surface area contributed by atoms with E-state index in [1.165, 1.54) is 18.4 Å². The van der Waals surface area contributed by atoms with Crippen molar-refractivity contribution >= 4 is 40.2 Å². The van der Waals surface area contributed by atoms with Gasteiger partial charge in [-0.1, -0.05) is 41.9 Å². The monoisotopic (exact) mass is 353 g/mol. The number of nitrogens with two attached hydrogens (primary N) is 2. The van der Waals surface area contributed by atoms with Gasteiger partial charge in [-0.15, -0.1) is 0 Å². The Balaban J connectivity index is 2.11. The number of hydrogen-bond acceptors (Lipinski definition) is 4. The molecular weight excluding hydrogens is 336 g/mol. The quantitative estimate of drug-likeness (QED) is 0.405. The van der Waals surface area contributed by atoms with Crippen LogP contribution in [0.4, 0.5) is 11.4 Å². The summed E-state index contributed by atoms with van der Waals surface area (Å²) in [6, 6.07) is 16.4. The SMILES string of the molecule is N=C(C(=O)C=C[NH2+]c1ccccc1Cl)C(C=CN)=Nc1ccccc1. The molecule has 2 aromatic rings. The first-order valence-electron chi connectivity index (χ1n) is 7.53. The van der Waals surface area contributed by atoms with Crippen LogP contribution in [0.15, 0.2) is 84.1 Å². The van der Waals surface area contributed by atoms with E-state index in [1.54, 1.807) is 29.7 Å². The predicted octanol–water partition coefficient (Wildman–Crippen LogP) is 2.88. The van der Waals surface area contributed by atoms with Gasteiger partial charge >= 0.3 is 0 Å². The van der Waals surface area contributed by atoms with Crippen LogP contribution in [0.1, 0.15) is 0 Å². The van der Waals surface area contributed by atoms with Crippen LogP contribution in [0.2, 0.25) is 5.02 Å². The number of halogens is 1. The lowest BCUT2D eigenvalue weighted by atomic mass is 10.1. The molecule has 0 heterocycles. The maximum atomic E-state index is 12.2. The Bertz CT molecular complexity index is 842. The number of ketones is 1. The zero-order valence-corrected chi connectivity index (χ0v) is 14.1. The fourth-order valence-electron chi connectivity index (χ4n) is 1.97. The summed E-state index contributed by atoms with van der Waals surface area (Å²) in [7, 11) is 0. The average molecular weight is 354 g/mol. The summed E-state index contributed by atoms with van der Waals surface area (Å²) in [5, 5.41) is 10.4. The van der Waals surface area contributed by atoms with Gasteiger partial charge in [0.15, 0.2) is 5.69 Å². The first-order valence-corrected chi connectivity index (χ1v) is 7.91. The predicted molar refractivity (Wildman–Crippen MR) is 102 cm³/mol. The summed E-state index contributed by atoms with van der Waals surface area (Å²) in [6.45, 7) is 0. The van der Waals surface area contributed by atoms with Crippen LogP contribution in [0.3, 0.4) is 0 Å². The van der Waals surface area contributed by atoms with Gasteiger partial charge in [0, 0.05) is 12.1 Å². The Labute approximate surface area is 151 Å². The third-order valence-electron chi connectivity index (χ3n) is 3.19. The lowest BCUT2D eigenvalue weighted by molar-refractivity contribution is -0.496. The molecule has 2 aromatic carbocycles. The second kappa shape index (κ2) is 9.32. The second-order valence-corrected chi connectivity index (χ2v) is 5.39. The van der Waals surface area contributed by atoms with Gasteiger partial charge < -0.3 is 5.73 Å². The topological polar surface area (TPSA) is 95.9 Å². The van der Waals surface area contributed by atoms with E-state index in [1.807, 2.05) is 36.4 Å². The Morgan fingerprint density at radius 2 is 1.76 bits per heavy atom. The van der Waals surface area contributed by atoms with Crippen molar-refractivity contribution in [3.05, 3.63) is 84.2 Å². The third kappa shape index (κ3) is 5.53. The van der Waals surface area contributed by atoms with E-state index in [0.29, 0.717) is 10.7 Å². The van der Waals surface area contributed by atoms with E-state index < -0.39 is 5.78 Å². The van der Waals surface area contributed by atoms with E-state index in [0.717, 1.165) is 5.69 Å². The van der Waals surface area contributed by atoms with Gasteiger partial charge in [-0.05, 0) is 30.5 Å². The van der Waals surface area contributed by atoms with Crippen LogP contribution in [0, 0.1) is 5.41 Å². The van der Waals surface area contributed by atoms with Gasteiger partial charge in [0.2, 0.25) is 5.78 Å². The zero-order valence-electron chi connectivity index (χ0n) is 13.4. The molecule has 6 heteroatoms. The van der Waals surface area contributed by atoms with Crippen molar-refractivity contribution in [2.75, 3.05) is 0 Å². The number of quaternary nitrogens is 1. The minimum absolute atomic E-state index is 0.195. The van der Waals surface area contributed by atoms with Crippen molar-refractivity contribution in [2.45, 2.75) is 0 Å². The van der Waals surface area contributed by atoms with Gasteiger partial charge in [0.05, 0.1) is 11.4 Å². The molecule has 0 amide bonds. The van der Waals surface area contributed by atoms with E-state index in [2.05, 4.69) is 4.99 Å². The highest BCUT2D eigenvalue weighted by atomic mass is 35.5. The molecule has 2 rings (SSSR count). The number of allylic oxidation sites excluding steroid dienone is 2. The molecule has 5 nitrogen and oxygen atoms in total. The molecule has 0 atom stereocenters. The molecule has 0 radical (unpaired) electrons. The molecule has 0 aliphatic heterocycles. The summed E-state index contributed by atoms with van der Waals surface area (Å²) in [5.74, 6) is -0.476. The van der Waals surface area contributed by atoms with E-state index >= 15 is 0 Å². The van der Waals surface area contributed by atoms with E-state index in [4.69, 9.17) is 22.7 Å². The van der Waals surface area contributed by atoms with Crippen LogP contribution in [-0.4, -0.2) is 17.2 Å². The molecule has 0 aromatic heterocycles. The summed E-state index contributed by atoms with van der Waals surface area (Å²) >= 11 is 6.05. The third-order valence-corrected chi connectivity index (χ3v) is 3.54. The smallest absolute Gasteiger partial charge is 0.210 e. The van der Waals surface area contributed by atoms with E-state index in [9.17, 15) is 4.79 Å². The highest BCUT2D eigenvalue weighted by molar-refractivity contribution is 6.70. The van der Waals surface area contributed by atoms with Crippen LogP contribution < -0.4 is 11.1 Å². The minimum atomic E-state index is -0.476. The molecule has 0 spiro atoms. The standard InChI is InChI=1S/C19H17ClN4O/c20-15-8-4-5-9-16(15)23-13-11-18(25)19(22)17(10-12-21)24-14-6-2-1-3-7-14/h1-13,22-23H,21H2/p+1. The maximum absolute atomic E-state index is 12.2. The van der Waals surface area contributed by atoms with Crippen molar-refractivity contribution in [1.29, 1.82) is 5.41 Å². The molecule has 0 saturated heterocycles. The molecular formula is C19H18ClN4O+. The van der Waals surface area contributed by atoms with Gasteiger partial charge in [0.25, 0.3) is 0 Å². The van der Waals surface area contributed by atoms with Crippen molar-refractivity contribution in [1.82, 2.24) is 0 Å². The van der Waals surface area contributed by atoms with Crippen molar-refractivity contribution < 1.29 is 10.1 Å². The molecule has 0 fully saturated rings. The van der Waals surface area contributed by atoms with Gasteiger partial charge in [-0.2, -0.15) is 0 Å². The van der Waals surface area contributed by atoms with Crippen LogP contribution in [0.25, 0.3) is 0 Å². The number of rotatable bonds is 7. The zero-order chi connectivity index (χ0) is 18.1. The van der Waals surface area contributed by atoms with Crippen LogP contribution in [0.5, 0.6) is 0 Å². The first-order chi connectivity index (χ1) is 12.1. The highest BCUT2D eigenvalue weighted by Crippen LogP contribution is 2.15. The molecule has 5 N–H and O–H groups in total. The largest absolute Gasteiger partial charge is 0.405 e. The number of nitrogens with zero attached hydrogens (tertiary/aromatic N) is 1. The van der Waals surface area contributed by atoms with Crippen LogP contribution >= 0.6 is 11.6 Å². The average Bonchev–Trinajstić information content (AvgIpc) is 2.63. The molecule has 0 bridgehead atoms. The number of hydrogen-bond donors (Lipinski definition) is 3. The van der Waals surface area contributed by atoms with Crippen LogP contribution in [-0.2, 0) is 4.79 Å². The highest BCUT2D eigenvalue weighted by Gasteiger charge is 2.12. The van der Waals surface area contributed by atoms with Gasteiger partial charge in [-0.25, -0.2) is 4.99 Å². The lowest BCUT2D eigenvalue weighted by Gasteiger charge is -2.01. The van der Waals surface area contributed by atoms with Crippen molar-refractivity contribution in [3.63, 3.8) is 0 Å². The summed E-state index contributed by atoms with van der Waals surface area (Å²) < 4.78 is 0. The number of carbonyl (C=O) groups excluding carboxylic acids is 1. The van der Waals surface area contributed by atoms with E-state index in [-0.39, 0.29) is 11.4 Å². The fourth-order valence-corrected chi connectivity index (χ4v) is 2.17. The maximum Gasteiger partial charge on any atom is 0.210 e.